The first-order chi connectivity index (χ1) is 12.1. The number of Topliss-reactive ketones (excluding diaryl/α,β-unsaturated/α-hetero) is 1. The van der Waals surface area contributed by atoms with Crippen LogP contribution in [0.25, 0.3) is 17.0 Å². The molecule has 0 fully saturated rings. The minimum Gasteiger partial charge on any atom is -0.494 e. The van der Waals surface area contributed by atoms with E-state index >= 15 is 0 Å². The highest BCUT2D eigenvalue weighted by atomic mass is 16.5. The lowest BCUT2D eigenvalue weighted by Gasteiger charge is -2.06. The molecule has 0 spiro atoms. The number of nitrogens with zero attached hydrogens (tertiary/aromatic N) is 1. The molecule has 0 saturated carbocycles. The van der Waals surface area contributed by atoms with Gasteiger partial charge in [-0.15, -0.1) is 0 Å². The third-order valence-corrected chi connectivity index (χ3v) is 4.47. The van der Waals surface area contributed by atoms with Crippen LogP contribution in [0.3, 0.4) is 0 Å². The van der Waals surface area contributed by atoms with E-state index in [1.807, 2.05) is 62.0 Å². The van der Waals surface area contributed by atoms with E-state index < -0.39 is 0 Å². The van der Waals surface area contributed by atoms with Crippen molar-refractivity contribution in [2.24, 2.45) is 7.05 Å². The molecular weight excluding hydrogens is 314 g/mol. The second kappa shape index (κ2) is 5.81. The van der Waals surface area contributed by atoms with E-state index in [9.17, 15) is 4.79 Å². The van der Waals surface area contributed by atoms with Crippen molar-refractivity contribution in [1.82, 2.24) is 4.57 Å². The number of carbonyl (C=O) groups is 1. The lowest BCUT2D eigenvalue weighted by Crippen LogP contribution is -1.99. The summed E-state index contributed by atoms with van der Waals surface area (Å²) in [6.45, 7) is 4.41. The van der Waals surface area contributed by atoms with Gasteiger partial charge in [-0.05, 0) is 37.6 Å². The van der Waals surface area contributed by atoms with Crippen molar-refractivity contribution in [3.8, 4) is 11.5 Å². The minimum absolute atomic E-state index is 0.0801. The minimum atomic E-state index is -0.0801. The van der Waals surface area contributed by atoms with E-state index in [0.29, 0.717) is 23.7 Å². The average Bonchev–Trinajstić information content (AvgIpc) is 3.07. The number of hydrogen-bond donors (Lipinski definition) is 0. The molecule has 0 N–H and O–H groups in total. The number of allylic oxidation sites excluding steroid dienone is 1. The number of carbonyl (C=O) groups excluding carboxylic acids is 1. The van der Waals surface area contributed by atoms with Crippen LogP contribution >= 0.6 is 0 Å². The highest BCUT2D eigenvalue weighted by Gasteiger charge is 2.30. The summed E-state index contributed by atoms with van der Waals surface area (Å²) in [5.74, 6) is 1.56. The Morgan fingerprint density at radius 1 is 1.24 bits per heavy atom. The van der Waals surface area contributed by atoms with Gasteiger partial charge in [0.2, 0.25) is 5.78 Å². The fourth-order valence-electron chi connectivity index (χ4n) is 3.36. The van der Waals surface area contributed by atoms with Crippen LogP contribution in [-0.2, 0) is 7.05 Å². The summed E-state index contributed by atoms with van der Waals surface area (Å²) in [5.41, 5.74) is 3.58. The van der Waals surface area contributed by atoms with Crippen LogP contribution in [0.5, 0.6) is 11.5 Å². The third-order valence-electron chi connectivity index (χ3n) is 4.47. The zero-order valence-corrected chi connectivity index (χ0v) is 14.5. The summed E-state index contributed by atoms with van der Waals surface area (Å²) in [6.07, 6.45) is 3.83. The van der Waals surface area contributed by atoms with Crippen LogP contribution in [0.1, 0.15) is 28.4 Å². The third kappa shape index (κ3) is 2.50. The highest BCUT2D eigenvalue weighted by Crippen LogP contribution is 2.38. The van der Waals surface area contributed by atoms with Crippen LogP contribution in [0.4, 0.5) is 0 Å². The Morgan fingerprint density at radius 3 is 2.84 bits per heavy atom. The van der Waals surface area contributed by atoms with Crippen molar-refractivity contribution in [2.75, 3.05) is 6.61 Å². The summed E-state index contributed by atoms with van der Waals surface area (Å²) >= 11 is 0. The van der Waals surface area contributed by atoms with Gasteiger partial charge in [-0.25, -0.2) is 0 Å². The zero-order chi connectivity index (χ0) is 17.6. The van der Waals surface area contributed by atoms with Crippen LogP contribution in [-0.4, -0.2) is 17.0 Å². The summed E-state index contributed by atoms with van der Waals surface area (Å²) < 4.78 is 13.5. The maximum atomic E-state index is 12.8. The molecular formula is C21H19NO3. The van der Waals surface area contributed by atoms with Gasteiger partial charge in [0.15, 0.2) is 5.76 Å². The molecule has 1 aliphatic rings. The number of para-hydroxylation sites is 1. The molecule has 1 aliphatic heterocycles. The van der Waals surface area contributed by atoms with Gasteiger partial charge in [-0.2, -0.15) is 0 Å². The molecule has 4 rings (SSSR count). The van der Waals surface area contributed by atoms with E-state index in [-0.39, 0.29) is 5.78 Å². The monoisotopic (exact) mass is 333 g/mol. The van der Waals surface area contributed by atoms with Crippen LogP contribution in [0, 0.1) is 6.92 Å². The Hall–Kier alpha value is -3.01. The summed E-state index contributed by atoms with van der Waals surface area (Å²) in [7, 11) is 1.99. The smallest absolute Gasteiger partial charge is 0.232 e. The molecule has 2 aromatic carbocycles. The predicted molar refractivity (Wildman–Crippen MR) is 98.2 cm³/mol. The molecule has 4 nitrogen and oxygen atoms in total. The normalized spacial score (nSPS) is 14.8. The summed E-state index contributed by atoms with van der Waals surface area (Å²) in [4.78, 5) is 12.8. The van der Waals surface area contributed by atoms with E-state index in [0.717, 1.165) is 27.8 Å². The Morgan fingerprint density at radius 2 is 2.04 bits per heavy atom. The number of ketones is 1. The van der Waals surface area contributed by atoms with E-state index in [4.69, 9.17) is 9.47 Å². The molecule has 25 heavy (non-hydrogen) atoms. The SMILES string of the molecule is CCOc1cc(C)c2c(c1)O/C(=C\c1cn(C)c3ccccc13)C2=O. The van der Waals surface area contributed by atoms with Gasteiger partial charge in [0, 0.05) is 35.8 Å². The van der Waals surface area contributed by atoms with Gasteiger partial charge < -0.3 is 14.0 Å². The largest absolute Gasteiger partial charge is 0.494 e. The van der Waals surface area contributed by atoms with Gasteiger partial charge in [0.25, 0.3) is 0 Å². The Balaban J connectivity index is 1.78. The molecule has 3 aromatic rings. The molecule has 126 valence electrons. The second-order valence-electron chi connectivity index (χ2n) is 6.20. The fraction of sp³-hybridized carbons (Fsp3) is 0.190. The maximum Gasteiger partial charge on any atom is 0.232 e. The molecule has 1 aromatic heterocycles. The number of benzene rings is 2. The van der Waals surface area contributed by atoms with E-state index in [1.54, 1.807) is 6.07 Å². The topological polar surface area (TPSA) is 40.5 Å². The van der Waals surface area contributed by atoms with Crippen LogP contribution in [0.2, 0.25) is 0 Å². The van der Waals surface area contributed by atoms with Crippen LogP contribution < -0.4 is 9.47 Å². The number of aryl methyl sites for hydroxylation is 2. The van der Waals surface area contributed by atoms with Crippen molar-refractivity contribution in [2.45, 2.75) is 13.8 Å². The molecule has 2 heterocycles. The average molecular weight is 333 g/mol. The number of ether oxygens (including phenoxy) is 2. The molecule has 0 radical (unpaired) electrons. The van der Waals surface area contributed by atoms with Crippen molar-refractivity contribution < 1.29 is 14.3 Å². The van der Waals surface area contributed by atoms with Gasteiger partial charge in [0.1, 0.15) is 11.5 Å². The highest BCUT2D eigenvalue weighted by molar-refractivity contribution is 6.16. The lowest BCUT2D eigenvalue weighted by atomic mass is 10.0. The molecule has 0 aliphatic carbocycles. The van der Waals surface area contributed by atoms with Crippen molar-refractivity contribution in [3.05, 3.63) is 65.0 Å². The van der Waals surface area contributed by atoms with Gasteiger partial charge in [-0.1, -0.05) is 18.2 Å². The van der Waals surface area contributed by atoms with Gasteiger partial charge in [-0.3, -0.25) is 4.79 Å². The van der Waals surface area contributed by atoms with Crippen LogP contribution in [0.15, 0.2) is 48.4 Å². The van der Waals surface area contributed by atoms with Gasteiger partial charge >= 0.3 is 0 Å². The molecule has 0 unspecified atom stereocenters. The van der Waals surface area contributed by atoms with Gasteiger partial charge in [0.05, 0.1) is 12.2 Å². The van der Waals surface area contributed by atoms with E-state index in [2.05, 4.69) is 6.07 Å². The maximum absolute atomic E-state index is 12.8. The predicted octanol–water partition coefficient (Wildman–Crippen LogP) is 4.50. The standard InChI is InChI=1S/C21H19NO3/c1-4-24-15-9-13(2)20-18(11-15)25-19(21(20)23)10-14-12-22(3)17-8-6-5-7-16(14)17/h5-12H,4H2,1-3H3/b19-10-. The molecule has 0 amide bonds. The number of fused-ring (bicyclic) bond motifs is 2. The number of rotatable bonds is 3. The Kier molecular flexibility index (Phi) is 3.61. The second-order valence-corrected chi connectivity index (χ2v) is 6.20. The zero-order valence-electron chi connectivity index (χ0n) is 14.5. The van der Waals surface area contributed by atoms with Crippen molar-refractivity contribution >= 4 is 22.8 Å². The quantitative estimate of drug-likeness (QED) is 0.663. The first kappa shape index (κ1) is 15.5. The Labute approximate surface area is 146 Å². The number of hydrogen-bond acceptors (Lipinski definition) is 3. The molecule has 0 atom stereocenters. The molecule has 0 bridgehead atoms. The molecule has 4 heteroatoms. The molecule has 0 saturated heterocycles. The number of aromatic nitrogens is 1. The lowest BCUT2D eigenvalue weighted by molar-refractivity contribution is 0.101. The van der Waals surface area contributed by atoms with Crippen molar-refractivity contribution in [3.63, 3.8) is 0 Å². The summed E-state index contributed by atoms with van der Waals surface area (Å²) in [6, 6.07) is 11.8. The van der Waals surface area contributed by atoms with Crippen molar-refractivity contribution in [1.29, 1.82) is 0 Å². The first-order valence-electron chi connectivity index (χ1n) is 8.34. The Bertz CT molecular complexity index is 1030. The summed E-state index contributed by atoms with van der Waals surface area (Å²) in [5, 5.41) is 1.09. The van der Waals surface area contributed by atoms with E-state index in [1.165, 1.54) is 0 Å². The fourth-order valence-corrected chi connectivity index (χ4v) is 3.36. The first-order valence-corrected chi connectivity index (χ1v) is 8.34.